The number of hydrogen-bond donors (Lipinski definition) is 1. The number of amides is 1. The number of benzene rings is 1. The number of nitrogens with one attached hydrogen (secondary N) is 1. The minimum atomic E-state index is -2.05. The van der Waals surface area contributed by atoms with Crippen molar-refractivity contribution in [2.75, 3.05) is 20.8 Å². The summed E-state index contributed by atoms with van der Waals surface area (Å²) < 4.78 is 17.4. The van der Waals surface area contributed by atoms with Gasteiger partial charge in [0.05, 0.1) is 26.2 Å². The zero-order chi connectivity index (χ0) is 25.4. The van der Waals surface area contributed by atoms with Gasteiger partial charge in [0.25, 0.3) is 0 Å². The molecule has 0 aromatic heterocycles. The van der Waals surface area contributed by atoms with E-state index in [1.165, 1.54) is 0 Å². The monoisotopic (exact) mass is 475 g/mol. The molecule has 0 aliphatic heterocycles. The lowest BCUT2D eigenvalue weighted by Crippen LogP contribution is -2.48. The topological polar surface area (TPSA) is 56.8 Å². The van der Waals surface area contributed by atoms with Crippen molar-refractivity contribution in [2.24, 2.45) is 11.8 Å². The van der Waals surface area contributed by atoms with Crippen LogP contribution in [-0.2, 0) is 15.6 Å². The quantitative estimate of drug-likeness (QED) is 0.271. The first kappa shape index (κ1) is 29.0. The van der Waals surface area contributed by atoms with Crippen LogP contribution in [0.4, 0.5) is 0 Å². The number of carbonyl (C=O) groups is 1. The van der Waals surface area contributed by atoms with E-state index in [9.17, 15) is 4.79 Å². The molecule has 2 atom stereocenters. The normalized spacial score (nSPS) is 13.9. The van der Waals surface area contributed by atoms with Crippen molar-refractivity contribution in [3.63, 3.8) is 0 Å². The van der Waals surface area contributed by atoms with Crippen molar-refractivity contribution in [2.45, 2.75) is 71.7 Å². The molecule has 0 aliphatic carbocycles. The molecule has 186 valence electrons. The highest BCUT2D eigenvalue weighted by Crippen LogP contribution is 2.39. The average Bonchev–Trinajstić information content (AvgIpc) is 2.74. The van der Waals surface area contributed by atoms with E-state index < -0.39 is 8.32 Å². The van der Waals surface area contributed by atoms with Crippen LogP contribution in [0.5, 0.6) is 11.5 Å². The molecule has 0 heterocycles. The van der Waals surface area contributed by atoms with Gasteiger partial charge in [0.2, 0.25) is 5.91 Å². The van der Waals surface area contributed by atoms with Gasteiger partial charge in [0.15, 0.2) is 19.8 Å². The van der Waals surface area contributed by atoms with Gasteiger partial charge < -0.3 is 19.2 Å². The summed E-state index contributed by atoms with van der Waals surface area (Å²) in [6.45, 7) is 23.7. The molecule has 0 unspecified atom stereocenters. The second-order valence-electron chi connectivity index (χ2n) is 10.5. The molecular weight excluding hydrogens is 430 g/mol. The Morgan fingerprint density at radius 3 is 2.15 bits per heavy atom. The van der Waals surface area contributed by atoms with Crippen LogP contribution in [0.15, 0.2) is 31.4 Å². The molecule has 1 N–H and O–H groups in total. The first-order chi connectivity index (χ1) is 15.3. The van der Waals surface area contributed by atoms with E-state index in [-0.39, 0.29) is 23.0 Å². The van der Waals surface area contributed by atoms with Gasteiger partial charge in [-0.3, -0.25) is 4.79 Å². The Hall–Kier alpha value is -2.05. The third-order valence-electron chi connectivity index (χ3n) is 6.49. The highest BCUT2D eigenvalue weighted by molar-refractivity contribution is 6.74. The van der Waals surface area contributed by atoms with Crippen LogP contribution in [0.25, 0.3) is 6.08 Å². The summed E-state index contributed by atoms with van der Waals surface area (Å²) in [6, 6.07) is 3.85. The molecule has 1 rings (SSSR count). The Kier molecular flexibility index (Phi) is 10.9. The molecule has 0 spiro atoms. The maximum absolute atomic E-state index is 13.3. The van der Waals surface area contributed by atoms with Gasteiger partial charge in [-0.2, -0.15) is 0 Å². The van der Waals surface area contributed by atoms with Gasteiger partial charge >= 0.3 is 0 Å². The Bertz CT molecular complexity index is 811. The zero-order valence-electron chi connectivity index (χ0n) is 22.2. The molecule has 1 amide bonds. The summed E-state index contributed by atoms with van der Waals surface area (Å²) in [5.74, 6) is 1.42. The van der Waals surface area contributed by atoms with E-state index in [1.807, 2.05) is 12.1 Å². The third kappa shape index (κ3) is 8.04. The summed E-state index contributed by atoms with van der Waals surface area (Å²) >= 11 is 0. The largest absolute Gasteiger partial charge is 0.493 e. The van der Waals surface area contributed by atoms with Gasteiger partial charge in [-0.1, -0.05) is 53.3 Å². The molecule has 0 saturated carbocycles. The van der Waals surface area contributed by atoms with Gasteiger partial charge in [-0.25, -0.2) is 0 Å². The number of methoxy groups -OCH3 is 2. The highest BCUT2D eigenvalue weighted by atomic mass is 28.4. The Balaban J connectivity index is 3.00. The highest BCUT2D eigenvalue weighted by Gasteiger charge is 2.41. The standard InChI is InChI=1S/C27H45NO4Si/c1-12-20-17-24(30-8)25(31-9)18-21(20)14-15-28-26(29)22(16-19(3)4)23(13-2)32-33(10,11)27(5,6)7/h12-13,17-19,22-23H,1-2,14-16H2,3-11H3,(H,28,29)/t22-,23+/m0/s1. The number of hydrogen-bond acceptors (Lipinski definition) is 4. The van der Waals surface area contributed by atoms with E-state index in [0.29, 0.717) is 30.4 Å². The molecule has 0 fully saturated rings. The zero-order valence-corrected chi connectivity index (χ0v) is 23.2. The lowest BCUT2D eigenvalue weighted by molar-refractivity contribution is -0.127. The van der Waals surface area contributed by atoms with E-state index in [0.717, 1.165) is 17.5 Å². The Morgan fingerprint density at radius 1 is 1.12 bits per heavy atom. The van der Waals surface area contributed by atoms with Crippen molar-refractivity contribution >= 4 is 20.3 Å². The molecule has 33 heavy (non-hydrogen) atoms. The second-order valence-corrected chi connectivity index (χ2v) is 15.2. The summed E-state index contributed by atoms with van der Waals surface area (Å²) in [5.41, 5.74) is 2.01. The predicted molar refractivity (Wildman–Crippen MR) is 142 cm³/mol. The second kappa shape index (κ2) is 12.4. The smallest absolute Gasteiger partial charge is 0.226 e. The third-order valence-corrected chi connectivity index (χ3v) is 11.0. The van der Waals surface area contributed by atoms with Gasteiger partial charge in [-0.15, -0.1) is 6.58 Å². The minimum absolute atomic E-state index is 0.00735. The van der Waals surface area contributed by atoms with Crippen LogP contribution in [0.3, 0.4) is 0 Å². The molecule has 0 radical (unpaired) electrons. The molecule has 0 aliphatic rings. The van der Waals surface area contributed by atoms with Crippen LogP contribution < -0.4 is 14.8 Å². The summed E-state index contributed by atoms with van der Waals surface area (Å²) in [4.78, 5) is 13.3. The van der Waals surface area contributed by atoms with Crippen molar-refractivity contribution in [1.82, 2.24) is 5.32 Å². The molecule has 1 aromatic rings. The number of ether oxygens (including phenoxy) is 2. The fourth-order valence-corrected chi connectivity index (χ4v) is 4.80. The molecule has 1 aromatic carbocycles. The maximum atomic E-state index is 13.3. The number of rotatable bonds is 13. The number of carbonyl (C=O) groups excluding carboxylic acids is 1. The predicted octanol–water partition coefficient (Wildman–Crippen LogP) is 6.24. The van der Waals surface area contributed by atoms with E-state index in [4.69, 9.17) is 13.9 Å². The van der Waals surface area contributed by atoms with Crippen molar-refractivity contribution in [1.29, 1.82) is 0 Å². The Labute approximate surface area is 202 Å². The van der Waals surface area contributed by atoms with Crippen molar-refractivity contribution in [3.8, 4) is 11.5 Å². The summed E-state index contributed by atoms with van der Waals surface area (Å²) in [5, 5.41) is 3.19. The van der Waals surface area contributed by atoms with Crippen molar-refractivity contribution < 1.29 is 18.7 Å². The van der Waals surface area contributed by atoms with Crippen LogP contribution in [0, 0.1) is 11.8 Å². The fraction of sp³-hybridized carbons (Fsp3) is 0.593. The van der Waals surface area contributed by atoms with Crippen molar-refractivity contribution in [3.05, 3.63) is 42.5 Å². The van der Waals surface area contributed by atoms with E-state index >= 15 is 0 Å². The fourth-order valence-electron chi connectivity index (χ4n) is 3.50. The minimum Gasteiger partial charge on any atom is -0.493 e. The van der Waals surface area contributed by atoms with Crippen LogP contribution >= 0.6 is 0 Å². The lowest BCUT2D eigenvalue weighted by Gasteiger charge is -2.40. The summed E-state index contributed by atoms with van der Waals surface area (Å²) in [6.07, 6.45) is 4.69. The lowest BCUT2D eigenvalue weighted by atomic mass is 9.91. The van der Waals surface area contributed by atoms with E-state index in [1.54, 1.807) is 26.4 Å². The van der Waals surface area contributed by atoms with Gasteiger partial charge in [0.1, 0.15) is 0 Å². The molecule has 0 saturated heterocycles. The molecule has 0 bridgehead atoms. The Morgan fingerprint density at radius 2 is 1.70 bits per heavy atom. The van der Waals surface area contributed by atoms with E-state index in [2.05, 4.69) is 66.2 Å². The first-order valence-electron chi connectivity index (χ1n) is 11.8. The van der Waals surface area contributed by atoms with Crippen LogP contribution in [0.2, 0.25) is 18.1 Å². The SMILES string of the molecule is C=Cc1cc(OC)c(OC)cc1CCNC(=O)[C@@H](CC(C)C)[C@@H](C=C)O[Si](C)(C)C(C)(C)C. The maximum Gasteiger partial charge on any atom is 0.226 e. The van der Waals surface area contributed by atoms with Crippen LogP contribution in [0.1, 0.15) is 52.2 Å². The van der Waals surface area contributed by atoms with Gasteiger partial charge in [-0.05, 0) is 60.2 Å². The first-order valence-corrected chi connectivity index (χ1v) is 14.7. The van der Waals surface area contributed by atoms with Crippen LogP contribution in [-0.4, -0.2) is 41.1 Å². The van der Waals surface area contributed by atoms with Gasteiger partial charge in [0, 0.05) is 6.54 Å². The molecule has 6 heteroatoms. The average molecular weight is 476 g/mol. The molecule has 5 nitrogen and oxygen atoms in total. The molecular formula is C27H45NO4Si. The summed E-state index contributed by atoms with van der Waals surface area (Å²) in [7, 11) is 1.18.